The summed E-state index contributed by atoms with van der Waals surface area (Å²) in [6.07, 6.45) is 1.02. The Bertz CT molecular complexity index is 463. The number of rotatable bonds is 7. The molecule has 0 fully saturated rings. The van der Waals surface area contributed by atoms with Crippen molar-refractivity contribution in [3.63, 3.8) is 0 Å². The number of aromatic nitrogens is 1. The van der Waals surface area contributed by atoms with Crippen molar-refractivity contribution >= 4 is 6.09 Å². The number of carbonyl (C=O) groups excluding carboxylic acids is 1. The van der Waals surface area contributed by atoms with Crippen LogP contribution in [0.25, 0.3) is 0 Å². The SMILES string of the molecule is CC(O)CN(CCNCc1cccn1C)C(=O)OC(C)(C)C. The Morgan fingerprint density at radius 3 is 2.68 bits per heavy atom. The highest BCUT2D eigenvalue weighted by molar-refractivity contribution is 5.68. The maximum absolute atomic E-state index is 12.1. The molecule has 1 atom stereocenters. The lowest BCUT2D eigenvalue weighted by atomic mass is 10.2. The molecule has 1 aromatic heterocycles. The van der Waals surface area contributed by atoms with E-state index in [1.807, 2.05) is 40.1 Å². The van der Waals surface area contributed by atoms with Crippen molar-refractivity contribution in [3.05, 3.63) is 24.0 Å². The van der Waals surface area contributed by atoms with Gasteiger partial charge in [-0.3, -0.25) is 0 Å². The highest BCUT2D eigenvalue weighted by atomic mass is 16.6. The first kappa shape index (κ1) is 18.5. The molecule has 126 valence electrons. The van der Waals surface area contributed by atoms with Crippen molar-refractivity contribution in [2.24, 2.45) is 7.05 Å². The Kier molecular flexibility index (Phi) is 6.90. The largest absolute Gasteiger partial charge is 0.444 e. The summed E-state index contributed by atoms with van der Waals surface area (Å²) in [5, 5.41) is 12.8. The summed E-state index contributed by atoms with van der Waals surface area (Å²) >= 11 is 0. The zero-order chi connectivity index (χ0) is 16.8. The van der Waals surface area contributed by atoms with E-state index < -0.39 is 17.8 Å². The van der Waals surface area contributed by atoms with Gasteiger partial charge in [-0.2, -0.15) is 0 Å². The van der Waals surface area contributed by atoms with Crippen LogP contribution in [-0.2, 0) is 18.3 Å². The third-order valence-corrected chi connectivity index (χ3v) is 3.05. The van der Waals surface area contributed by atoms with Gasteiger partial charge in [0.2, 0.25) is 0 Å². The smallest absolute Gasteiger partial charge is 0.410 e. The fourth-order valence-electron chi connectivity index (χ4n) is 2.01. The first-order chi connectivity index (χ1) is 10.2. The second-order valence-corrected chi connectivity index (χ2v) is 6.56. The zero-order valence-corrected chi connectivity index (χ0v) is 14.3. The topological polar surface area (TPSA) is 66.7 Å². The second-order valence-electron chi connectivity index (χ2n) is 6.56. The Hall–Kier alpha value is -1.53. The Morgan fingerprint density at radius 2 is 2.18 bits per heavy atom. The molecular formula is C16H29N3O3. The van der Waals surface area contributed by atoms with E-state index >= 15 is 0 Å². The molecule has 6 nitrogen and oxygen atoms in total. The molecule has 1 unspecified atom stereocenters. The van der Waals surface area contributed by atoms with Crippen LogP contribution in [0.1, 0.15) is 33.4 Å². The van der Waals surface area contributed by atoms with Crippen LogP contribution in [0.4, 0.5) is 4.79 Å². The van der Waals surface area contributed by atoms with E-state index in [4.69, 9.17) is 4.74 Å². The van der Waals surface area contributed by atoms with Crippen molar-refractivity contribution in [1.82, 2.24) is 14.8 Å². The molecule has 0 aromatic carbocycles. The zero-order valence-electron chi connectivity index (χ0n) is 14.3. The van der Waals surface area contributed by atoms with Crippen LogP contribution in [0.15, 0.2) is 18.3 Å². The molecule has 1 aromatic rings. The van der Waals surface area contributed by atoms with Gasteiger partial charge in [0.05, 0.1) is 6.10 Å². The summed E-state index contributed by atoms with van der Waals surface area (Å²) in [6.45, 7) is 9.29. The molecule has 1 rings (SSSR count). The predicted molar refractivity (Wildman–Crippen MR) is 86.6 cm³/mol. The number of ether oxygens (including phenoxy) is 1. The highest BCUT2D eigenvalue weighted by Gasteiger charge is 2.22. The normalized spacial score (nSPS) is 13.0. The maximum atomic E-state index is 12.1. The summed E-state index contributed by atoms with van der Waals surface area (Å²) in [4.78, 5) is 13.7. The van der Waals surface area contributed by atoms with Crippen LogP contribution >= 0.6 is 0 Å². The van der Waals surface area contributed by atoms with Gasteiger partial charge in [0.1, 0.15) is 5.60 Å². The number of carbonyl (C=O) groups is 1. The average Bonchev–Trinajstić information content (AvgIpc) is 2.76. The first-order valence-corrected chi connectivity index (χ1v) is 7.66. The molecule has 0 saturated heterocycles. The van der Waals surface area contributed by atoms with Gasteiger partial charge in [0, 0.05) is 45.1 Å². The number of hydrogen-bond donors (Lipinski definition) is 2. The molecule has 0 radical (unpaired) electrons. The van der Waals surface area contributed by atoms with Gasteiger partial charge in [0.15, 0.2) is 0 Å². The molecule has 0 aliphatic rings. The van der Waals surface area contributed by atoms with Gasteiger partial charge in [-0.1, -0.05) is 0 Å². The van der Waals surface area contributed by atoms with E-state index in [1.165, 1.54) is 10.6 Å². The lowest BCUT2D eigenvalue weighted by Gasteiger charge is -2.28. The molecular weight excluding hydrogens is 282 g/mol. The quantitative estimate of drug-likeness (QED) is 0.753. The Morgan fingerprint density at radius 1 is 1.50 bits per heavy atom. The number of nitrogens with one attached hydrogen (secondary N) is 1. The first-order valence-electron chi connectivity index (χ1n) is 7.66. The van der Waals surface area contributed by atoms with Crippen LogP contribution in [0.2, 0.25) is 0 Å². The highest BCUT2D eigenvalue weighted by Crippen LogP contribution is 2.10. The monoisotopic (exact) mass is 311 g/mol. The van der Waals surface area contributed by atoms with Crippen molar-refractivity contribution in [2.75, 3.05) is 19.6 Å². The van der Waals surface area contributed by atoms with Crippen LogP contribution < -0.4 is 5.32 Å². The third kappa shape index (κ3) is 6.95. The third-order valence-electron chi connectivity index (χ3n) is 3.05. The van der Waals surface area contributed by atoms with E-state index in [-0.39, 0.29) is 6.54 Å². The summed E-state index contributed by atoms with van der Waals surface area (Å²) in [5.41, 5.74) is 0.643. The van der Waals surface area contributed by atoms with Crippen molar-refractivity contribution < 1.29 is 14.6 Å². The molecule has 2 N–H and O–H groups in total. The van der Waals surface area contributed by atoms with Gasteiger partial charge in [-0.25, -0.2) is 4.79 Å². The lowest BCUT2D eigenvalue weighted by Crippen LogP contribution is -2.43. The van der Waals surface area contributed by atoms with Crippen LogP contribution in [-0.4, -0.2) is 52.0 Å². The fourth-order valence-corrected chi connectivity index (χ4v) is 2.01. The molecule has 1 amide bonds. The molecule has 1 heterocycles. The summed E-state index contributed by atoms with van der Waals surface area (Å²) in [5.74, 6) is 0. The molecule has 0 bridgehead atoms. The van der Waals surface area contributed by atoms with E-state index in [0.717, 1.165) is 6.54 Å². The minimum Gasteiger partial charge on any atom is -0.444 e. The number of aliphatic hydroxyl groups is 1. The number of aliphatic hydroxyl groups excluding tert-OH is 1. The maximum Gasteiger partial charge on any atom is 0.410 e. The molecule has 22 heavy (non-hydrogen) atoms. The van der Waals surface area contributed by atoms with E-state index in [1.54, 1.807) is 6.92 Å². The Labute approximate surface area is 133 Å². The van der Waals surface area contributed by atoms with Gasteiger partial charge in [-0.05, 0) is 39.8 Å². The predicted octanol–water partition coefficient (Wildman–Crippen LogP) is 1.73. The van der Waals surface area contributed by atoms with Crippen LogP contribution in [0, 0.1) is 0 Å². The van der Waals surface area contributed by atoms with E-state index in [9.17, 15) is 9.90 Å². The van der Waals surface area contributed by atoms with Gasteiger partial charge >= 0.3 is 6.09 Å². The molecule has 0 aliphatic heterocycles. The van der Waals surface area contributed by atoms with Crippen molar-refractivity contribution in [1.29, 1.82) is 0 Å². The minimum atomic E-state index is -0.583. The molecule has 0 aliphatic carbocycles. The lowest BCUT2D eigenvalue weighted by molar-refractivity contribution is 0.0164. The Balaban J connectivity index is 2.44. The number of aryl methyl sites for hydroxylation is 1. The minimum absolute atomic E-state index is 0.265. The number of nitrogens with zero attached hydrogens (tertiary/aromatic N) is 2. The van der Waals surface area contributed by atoms with Crippen LogP contribution in [0.5, 0.6) is 0 Å². The van der Waals surface area contributed by atoms with E-state index in [0.29, 0.717) is 13.1 Å². The fraction of sp³-hybridized carbons (Fsp3) is 0.688. The van der Waals surface area contributed by atoms with Gasteiger partial charge < -0.3 is 24.6 Å². The molecule has 0 spiro atoms. The summed E-state index contributed by atoms with van der Waals surface area (Å²) in [6, 6.07) is 4.05. The van der Waals surface area contributed by atoms with E-state index in [2.05, 4.69) is 16.0 Å². The van der Waals surface area contributed by atoms with Crippen molar-refractivity contribution in [3.8, 4) is 0 Å². The van der Waals surface area contributed by atoms with Crippen molar-refractivity contribution in [2.45, 2.75) is 45.9 Å². The van der Waals surface area contributed by atoms with Gasteiger partial charge in [-0.15, -0.1) is 0 Å². The van der Waals surface area contributed by atoms with Gasteiger partial charge in [0.25, 0.3) is 0 Å². The second kappa shape index (κ2) is 8.19. The van der Waals surface area contributed by atoms with Crippen LogP contribution in [0.3, 0.4) is 0 Å². The standard InChI is InChI=1S/C16H29N3O3/c1-13(20)12-19(15(21)22-16(2,3)4)10-8-17-11-14-7-6-9-18(14)5/h6-7,9,13,17,20H,8,10-12H2,1-5H3. The number of amides is 1. The number of hydrogen-bond acceptors (Lipinski definition) is 4. The average molecular weight is 311 g/mol. The molecule has 6 heteroatoms. The summed E-state index contributed by atoms with van der Waals surface area (Å²) in [7, 11) is 2.00. The summed E-state index contributed by atoms with van der Waals surface area (Å²) < 4.78 is 7.42. The molecule has 0 saturated carbocycles.